The maximum absolute atomic E-state index is 12.6. The fourth-order valence-electron chi connectivity index (χ4n) is 2.65. The zero-order valence-corrected chi connectivity index (χ0v) is 12.2. The van der Waals surface area contributed by atoms with Crippen molar-refractivity contribution in [1.82, 2.24) is 4.90 Å². The average Bonchev–Trinajstić information content (AvgIpc) is 2.37. The van der Waals surface area contributed by atoms with E-state index in [1.807, 2.05) is 29.2 Å². The van der Waals surface area contributed by atoms with Crippen molar-refractivity contribution < 1.29 is 4.79 Å². The standard InChI is InChI=1S/C14H19BrN2O/c1-10-4-2-7-13(9-16)17(10)14(18)11-5-3-6-12(15)8-11/h3,5-6,8,10,13H,2,4,7,9,16H2,1H3. The Bertz CT molecular complexity index is 436. The number of hydrogen-bond acceptors (Lipinski definition) is 2. The predicted octanol–water partition coefficient (Wildman–Crippen LogP) is 2.79. The third kappa shape index (κ3) is 2.75. The maximum Gasteiger partial charge on any atom is 0.254 e. The van der Waals surface area contributed by atoms with Gasteiger partial charge in [0.05, 0.1) is 0 Å². The number of halogens is 1. The lowest BCUT2D eigenvalue weighted by molar-refractivity contribution is 0.0494. The highest BCUT2D eigenvalue weighted by Gasteiger charge is 2.31. The van der Waals surface area contributed by atoms with Crippen molar-refractivity contribution in [2.45, 2.75) is 38.3 Å². The zero-order chi connectivity index (χ0) is 13.1. The van der Waals surface area contributed by atoms with Gasteiger partial charge in [0.15, 0.2) is 0 Å². The topological polar surface area (TPSA) is 46.3 Å². The van der Waals surface area contributed by atoms with E-state index in [1.54, 1.807) is 0 Å². The molecule has 0 aliphatic carbocycles. The van der Waals surface area contributed by atoms with E-state index in [4.69, 9.17) is 5.73 Å². The highest BCUT2D eigenvalue weighted by molar-refractivity contribution is 9.10. The molecule has 1 amide bonds. The minimum absolute atomic E-state index is 0.0963. The Labute approximate surface area is 116 Å². The predicted molar refractivity (Wildman–Crippen MR) is 76.5 cm³/mol. The Balaban J connectivity index is 2.25. The first-order valence-electron chi connectivity index (χ1n) is 6.41. The van der Waals surface area contributed by atoms with Crippen molar-refractivity contribution in [2.75, 3.05) is 6.54 Å². The molecule has 2 rings (SSSR count). The van der Waals surface area contributed by atoms with Crippen LogP contribution >= 0.6 is 15.9 Å². The van der Waals surface area contributed by atoms with Crippen LogP contribution in [0.15, 0.2) is 28.7 Å². The summed E-state index contributed by atoms with van der Waals surface area (Å²) in [4.78, 5) is 14.5. The molecule has 2 N–H and O–H groups in total. The van der Waals surface area contributed by atoms with Crippen LogP contribution in [-0.4, -0.2) is 29.4 Å². The van der Waals surface area contributed by atoms with Gasteiger partial charge in [-0.3, -0.25) is 4.79 Å². The number of carbonyl (C=O) groups is 1. The summed E-state index contributed by atoms with van der Waals surface area (Å²) in [5.74, 6) is 0.0963. The molecule has 1 fully saturated rings. The summed E-state index contributed by atoms with van der Waals surface area (Å²) in [6.07, 6.45) is 3.24. The SMILES string of the molecule is CC1CCCC(CN)N1C(=O)c1cccc(Br)c1. The van der Waals surface area contributed by atoms with E-state index in [2.05, 4.69) is 22.9 Å². The Morgan fingerprint density at radius 3 is 2.94 bits per heavy atom. The monoisotopic (exact) mass is 310 g/mol. The number of carbonyl (C=O) groups excluding carboxylic acids is 1. The number of benzene rings is 1. The van der Waals surface area contributed by atoms with Gasteiger partial charge in [0.1, 0.15) is 0 Å². The molecule has 1 aromatic carbocycles. The highest BCUT2D eigenvalue weighted by atomic mass is 79.9. The van der Waals surface area contributed by atoms with Crippen LogP contribution in [0.4, 0.5) is 0 Å². The molecule has 0 aromatic heterocycles. The molecule has 0 radical (unpaired) electrons. The number of likely N-dealkylation sites (tertiary alicyclic amines) is 1. The average molecular weight is 311 g/mol. The molecule has 0 saturated carbocycles. The number of nitrogens with two attached hydrogens (primary N) is 1. The summed E-state index contributed by atoms with van der Waals surface area (Å²) in [7, 11) is 0. The van der Waals surface area contributed by atoms with E-state index in [0.717, 1.165) is 29.3 Å². The zero-order valence-electron chi connectivity index (χ0n) is 10.6. The Kier molecular flexibility index (Phi) is 4.40. The summed E-state index contributed by atoms with van der Waals surface area (Å²) in [6, 6.07) is 8.01. The smallest absolute Gasteiger partial charge is 0.254 e. The fraction of sp³-hybridized carbons (Fsp3) is 0.500. The van der Waals surface area contributed by atoms with Gasteiger partial charge >= 0.3 is 0 Å². The van der Waals surface area contributed by atoms with E-state index in [9.17, 15) is 4.79 Å². The summed E-state index contributed by atoms with van der Waals surface area (Å²) in [5, 5.41) is 0. The van der Waals surface area contributed by atoms with Gasteiger partial charge < -0.3 is 10.6 Å². The molecular formula is C14H19BrN2O. The van der Waals surface area contributed by atoms with E-state index < -0.39 is 0 Å². The maximum atomic E-state index is 12.6. The largest absolute Gasteiger partial charge is 0.332 e. The van der Waals surface area contributed by atoms with Gasteiger partial charge in [-0.25, -0.2) is 0 Å². The van der Waals surface area contributed by atoms with Crippen LogP contribution in [0.25, 0.3) is 0 Å². The minimum Gasteiger partial charge on any atom is -0.332 e. The molecule has 2 unspecified atom stereocenters. The van der Waals surface area contributed by atoms with Crippen LogP contribution in [0.3, 0.4) is 0 Å². The van der Waals surface area contributed by atoms with Gasteiger partial charge in [0.2, 0.25) is 0 Å². The lowest BCUT2D eigenvalue weighted by Gasteiger charge is -2.40. The van der Waals surface area contributed by atoms with Crippen LogP contribution in [0.1, 0.15) is 36.5 Å². The summed E-state index contributed by atoms with van der Waals surface area (Å²) in [6.45, 7) is 2.65. The van der Waals surface area contributed by atoms with E-state index in [-0.39, 0.29) is 18.0 Å². The van der Waals surface area contributed by atoms with Gasteiger partial charge in [-0.05, 0) is 44.4 Å². The number of rotatable bonds is 2. The Morgan fingerprint density at radius 1 is 1.50 bits per heavy atom. The van der Waals surface area contributed by atoms with Crippen molar-refractivity contribution >= 4 is 21.8 Å². The van der Waals surface area contributed by atoms with Gasteiger partial charge in [-0.2, -0.15) is 0 Å². The lowest BCUT2D eigenvalue weighted by atomic mass is 9.95. The van der Waals surface area contributed by atoms with Gasteiger partial charge in [0.25, 0.3) is 5.91 Å². The highest BCUT2D eigenvalue weighted by Crippen LogP contribution is 2.25. The second-order valence-corrected chi connectivity index (χ2v) is 5.81. The van der Waals surface area contributed by atoms with Gasteiger partial charge in [-0.1, -0.05) is 22.0 Å². The summed E-state index contributed by atoms with van der Waals surface area (Å²) < 4.78 is 0.933. The molecule has 4 heteroatoms. The molecular weight excluding hydrogens is 292 g/mol. The first-order chi connectivity index (χ1) is 8.63. The first kappa shape index (κ1) is 13.6. The van der Waals surface area contributed by atoms with Crippen LogP contribution in [0, 0.1) is 0 Å². The van der Waals surface area contributed by atoms with Crippen LogP contribution in [-0.2, 0) is 0 Å². The number of amides is 1. The Morgan fingerprint density at radius 2 is 2.28 bits per heavy atom. The molecule has 3 nitrogen and oxygen atoms in total. The summed E-state index contributed by atoms with van der Waals surface area (Å²) in [5.41, 5.74) is 6.53. The quantitative estimate of drug-likeness (QED) is 0.913. The minimum atomic E-state index is 0.0963. The molecule has 1 aliphatic rings. The lowest BCUT2D eigenvalue weighted by Crippen LogP contribution is -2.51. The number of nitrogens with zero attached hydrogens (tertiary/aromatic N) is 1. The number of piperidine rings is 1. The van der Waals surface area contributed by atoms with Crippen LogP contribution < -0.4 is 5.73 Å². The fourth-order valence-corrected chi connectivity index (χ4v) is 3.05. The third-order valence-corrected chi connectivity index (χ3v) is 4.10. The third-order valence-electron chi connectivity index (χ3n) is 3.61. The van der Waals surface area contributed by atoms with Crippen molar-refractivity contribution in [3.63, 3.8) is 0 Å². The molecule has 98 valence electrons. The van der Waals surface area contributed by atoms with Gasteiger partial charge in [-0.15, -0.1) is 0 Å². The molecule has 1 heterocycles. The van der Waals surface area contributed by atoms with E-state index in [0.29, 0.717) is 6.54 Å². The molecule has 18 heavy (non-hydrogen) atoms. The number of hydrogen-bond donors (Lipinski definition) is 1. The van der Waals surface area contributed by atoms with E-state index in [1.165, 1.54) is 0 Å². The van der Waals surface area contributed by atoms with Crippen molar-refractivity contribution in [3.05, 3.63) is 34.3 Å². The molecule has 0 spiro atoms. The van der Waals surface area contributed by atoms with Crippen molar-refractivity contribution in [1.29, 1.82) is 0 Å². The molecule has 0 bridgehead atoms. The second-order valence-electron chi connectivity index (χ2n) is 4.89. The van der Waals surface area contributed by atoms with E-state index >= 15 is 0 Å². The normalized spacial score (nSPS) is 24.1. The summed E-state index contributed by atoms with van der Waals surface area (Å²) >= 11 is 3.41. The van der Waals surface area contributed by atoms with Crippen LogP contribution in [0.2, 0.25) is 0 Å². The molecule has 2 atom stereocenters. The van der Waals surface area contributed by atoms with Crippen molar-refractivity contribution in [3.8, 4) is 0 Å². The van der Waals surface area contributed by atoms with Crippen LogP contribution in [0.5, 0.6) is 0 Å². The van der Waals surface area contributed by atoms with Gasteiger partial charge in [0, 0.05) is 28.7 Å². The molecule has 1 aliphatic heterocycles. The first-order valence-corrected chi connectivity index (χ1v) is 7.21. The molecule has 1 aromatic rings. The Hall–Kier alpha value is -0.870. The second kappa shape index (κ2) is 5.85. The molecule has 1 saturated heterocycles. The van der Waals surface area contributed by atoms with Crippen molar-refractivity contribution in [2.24, 2.45) is 5.73 Å².